The van der Waals surface area contributed by atoms with Crippen molar-refractivity contribution in [2.24, 2.45) is 5.73 Å². The van der Waals surface area contributed by atoms with Gasteiger partial charge in [0, 0.05) is 31.8 Å². The highest BCUT2D eigenvalue weighted by Gasteiger charge is 2.26. The molecule has 7 N–H and O–H groups in total. The van der Waals surface area contributed by atoms with Gasteiger partial charge < -0.3 is 41.6 Å². The standard InChI is InChI=1S/C17H33N5O7S/c1-19-3-6-29-8-7-28-5-2-14(23)21-11-12(18)16(26)22-13(10-15(24)25)17(27)20-4-9-30/h12-13,19,30H,2-11,18H2,1H3,(H,20,27)(H,21,23)(H,22,26)(H,24,25)/t12-,13-/m0/s1. The van der Waals surface area contributed by atoms with Crippen LogP contribution in [-0.2, 0) is 28.7 Å². The first-order valence-electron chi connectivity index (χ1n) is 9.54. The van der Waals surface area contributed by atoms with Crippen molar-refractivity contribution in [1.29, 1.82) is 0 Å². The Kier molecular flexibility index (Phi) is 16.7. The number of carboxylic acid groups (broad SMARTS) is 1. The fourth-order valence-electron chi connectivity index (χ4n) is 2.03. The van der Waals surface area contributed by atoms with Gasteiger partial charge >= 0.3 is 5.97 Å². The first-order valence-corrected chi connectivity index (χ1v) is 10.2. The van der Waals surface area contributed by atoms with E-state index in [1.165, 1.54) is 0 Å². The van der Waals surface area contributed by atoms with Gasteiger partial charge in [0.2, 0.25) is 17.7 Å². The molecule has 0 radical (unpaired) electrons. The summed E-state index contributed by atoms with van der Waals surface area (Å²) in [6, 6.07) is -2.43. The molecular weight excluding hydrogens is 418 g/mol. The van der Waals surface area contributed by atoms with Crippen LogP contribution in [0.1, 0.15) is 12.8 Å². The van der Waals surface area contributed by atoms with Gasteiger partial charge in [0.05, 0.1) is 32.8 Å². The molecule has 0 fully saturated rings. The van der Waals surface area contributed by atoms with E-state index >= 15 is 0 Å². The zero-order valence-electron chi connectivity index (χ0n) is 17.1. The normalized spacial score (nSPS) is 12.6. The Labute approximate surface area is 181 Å². The van der Waals surface area contributed by atoms with Gasteiger partial charge in [0.25, 0.3) is 0 Å². The molecule has 0 saturated carbocycles. The lowest BCUT2D eigenvalue weighted by atomic mass is 10.1. The number of thiol groups is 1. The number of likely N-dealkylation sites (N-methyl/N-ethyl adjacent to an activating group) is 1. The fraction of sp³-hybridized carbons (Fsp3) is 0.765. The minimum Gasteiger partial charge on any atom is -0.481 e. The Morgan fingerprint density at radius 2 is 1.67 bits per heavy atom. The van der Waals surface area contributed by atoms with Crippen molar-refractivity contribution in [3.05, 3.63) is 0 Å². The molecule has 0 unspecified atom stereocenters. The molecule has 0 heterocycles. The SMILES string of the molecule is CNCCOCCOCCC(=O)NC[C@H](N)C(=O)N[C@@H](CC(=O)O)C(=O)NCCS. The highest BCUT2D eigenvalue weighted by Crippen LogP contribution is 1.95. The number of hydrogen-bond donors (Lipinski definition) is 7. The second-order valence-electron chi connectivity index (χ2n) is 6.16. The van der Waals surface area contributed by atoms with Gasteiger partial charge in [0.1, 0.15) is 12.1 Å². The molecule has 0 bridgehead atoms. The average molecular weight is 452 g/mol. The third-order valence-corrected chi connectivity index (χ3v) is 3.84. The Morgan fingerprint density at radius 1 is 1.00 bits per heavy atom. The molecule has 174 valence electrons. The molecule has 0 rings (SSSR count). The van der Waals surface area contributed by atoms with Gasteiger partial charge in [-0.2, -0.15) is 12.6 Å². The molecule has 0 aromatic rings. The number of hydrogen-bond acceptors (Lipinski definition) is 9. The second-order valence-corrected chi connectivity index (χ2v) is 6.61. The number of nitrogens with one attached hydrogen (secondary N) is 4. The Bertz CT molecular complexity index is 539. The lowest BCUT2D eigenvalue weighted by Crippen LogP contribution is -2.55. The summed E-state index contributed by atoms with van der Waals surface area (Å²) in [6.07, 6.45) is -0.516. The van der Waals surface area contributed by atoms with Crippen LogP contribution in [0, 0.1) is 0 Å². The van der Waals surface area contributed by atoms with Gasteiger partial charge in [0.15, 0.2) is 0 Å². The van der Waals surface area contributed by atoms with E-state index in [-0.39, 0.29) is 32.0 Å². The molecule has 0 aliphatic rings. The molecule has 30 heavy (non-hydrogen) atoms. The first kappa shape index (κ1) is 28.1. The van der Waals surface area contributed by atoms with Gasteiger partial charge in [-0.05, 0) is 7.05 Å². The molecule has 13 heteroatoms. The van der Waals surface area contributed by atoms with Crippen molar-refractivity contribution >= 4 is 36.3 Å². The summed E-state index contributed by atoms with van der Waals surface area (Å²) in [5.41, 5.74) is 5.71. The van der Waals surface area contributed by atoms with Crippen molar-refractivity contribution in [2.45, 2.75) is 24.9 Å². The lowest BCUT2D eigenvalue weighted by molar-refractivity contribution is -0.140. The van der Waals surface area contributed by atoms with Gasteiger partial charge in [-0.25, -0.2) is 0 Å². The van der Waals surface area contributed by atoms with Crippen LogP contribution in [0.25, 0.3) is 0 Å². The predicted octanol–water partition coefficient (Wildman–Crippen LogP) is -2.92. The molecule has 3 amide bonds. The number of ether oxygens (including phenoxy) is 2. The van der Waals surface area contributed by atoms with Crippen molar-refractivity contribution in [2.75, 3.05) is 58.9 Å². The van der Waals surface area contributed by atoms with Crippen molar-refractivity contribution in [1.82, 2.24) is 21.3 Å². The molecule has 0 saturated heterocycles. The fourth-order valence-corrected chi connectivity index (χ4v) is 2.14. The summed E-state index contributed by atoms with van der Waals surface area (Å²) in [7, 11) is 1.82. The number of rotatable bonds is 18. The molecule has 0 aromatic carbocycles. The van der Waals surface area contributed by atoms with Crippen LogP contribution >= 0.6 is 12.6 Å². The summed E-state index contributed by atoms with van der Waals surface area (Å²) in [6.45, 7) is 2.34. The lowest BCUT2D eigenvalue weighted by Gasteiger charge is -2.19. The van der Waals surface area contributed by atoms with E-state index in [2.05, 4.69) is 33.9 Å². The van der Waals surface area contributed by atoms with Crippen LogP contribution in [0.4, 0.5) is 0 Å². The summed E-state index contributed by atoms with van der Waals surface area (Å²) in [4.78, 5) is 46.7. The third kappa shape index (κ3) is 15.0. The summed E-state index contributed by atoms with van der Waals surface area (Å²) in [5.74, 6) is -2.66. The number of nitrogens with two attached hydrogens (primary N) is 1. The summed E-state index contributed by atoms with van der Waals surface area (Å²) < 4.78 is 10.5. The Hall–Kier alpha value is -1.93. The van der Waals surface area contributed by atoms with Gasteiger partial charge in [-0.15, -0.1) is 0 Å². The van der Waals surface area contributed by atoms with Gasteiger partial charge in [-0.3, -0.25) is 19.2 Å². The largest absolute Gasteiger partial charge is 0.481 e. The number of carbonyl (C=O) groups excluding carboxylic acids is 3. The molecule has 2 atom stereocenters. The van der Waals surface area contributed by atoms with E-state index in [9.17, 15) is 19.2 Å². The van der Waals surface area contributed by atoms with Crippen molar-refractivity contribution < 1.29 is 33.8 Å². The molecule has 0 aromatic heterocycles. The zero-order chi connectivity index (χ0) is 22.8. The summed E-state index contributed by atoms with van der Waals surface area (Å²) >= 11 is 3.94. The van der Waals surface area contributed by atoms with Crippen LogP contribution in [0.5, 0.6) is 0 Å². The minimum absolute atomic E-state index is 0.0820. The molecule has 12 nitrogen and oxygen atoms in total. The van der Waals surface area contributed by atoms with E-state index in [0.717, 1.165) is 6.54 Å². The van der Waals surface area contributed by atoms with Crippen LogP contribution in [0.2, 0.25) is 0 Å². The number of amides is 3. The number of aliphatic carboxylic acids is 1. The maximum Gasteiger partial charge on any atom is 0.305 e. The number of carbonyl (C=O) groups is 4. The van der Waals surface area contributed by atoms with Crippen LogP contribution in [0.15, 0.2) is 0 Å². The maximum absolute atomic E-state index is 12.1. The van der Waals surface area contributed by atoms with Crippen LogP contribution in [-0.4, -0.2) is 99.7 Å². The highest BCUT2D eigenvalue weighted by molar-refractivity contribution is 7.80. The minimum atomic E-state index is -1.28. The number of carboxylic acids is 1. The van der Waals surface area contributed by atoms with Crippen LogP contribution in [0.3, 0.4) is 0 Å². The Morgan fingerprint density at radius 3 is 2.27 bits per heavy atom. The highest BCUT2D eigenvalue weighted by atomic mass is 32.1. The third-order valence-electron chi connectivity index (χ3n) is 3.62. The van der Waals surface area contributed by atoms with Gasteiger partial charge in [-0.1, -0.05) is 0 Å². The van der Waals surface area contributed by atoms with E-state index in [0.29, 0.717) is 25.6 Å². The molecule has 0 aliphatic carbocycles. The van der Waals surface area contributed by atoms with Crippen LogP contribution < -0.4 is 27.0 Å². The predicted molar refractivity (Wildman–Crippen MR) is 112 cm³/mol. The smallest absolute Gasteiger partial charge is 0.305 e. The maximum atomic E-state index is 12.1. The zero-order valence-corrected chi connectivity index (χ0v) is 18.0. The quantitative estimate of drug-likeness (QED) is 0.0848. The Balaban J connectivity index is 4.14. The summed E-state index contributed by atoms with van der Waals surface area (Å²) in [5, 5.41) is 19.1. The van der Waals surface area contributed by atoms with E-state index in [1.54, 1.807) is 0 Å². The van der Waals surface area contributed by atoms with E-state index in [1.807, 2.05) is 7.05 Å². The second kappa shape index (κ2) is 17.9. The van der Waals surface area contributed by atoms with Crippen molar-refractivity contribution in [3.8, 4) is 0 Å². The molecular formula is C17H33N5O7S. The van der Waals surface area contributed by atoms with Crippen molar-refractivity contribution in [3.63, 3.8) is 0 Å². The topological polar surface area (TPSA) is 181 Å². The molecule has 0 spiro atoms. The molecule has 0 aliphatic heterocycles. The monoisotopic (exact) mass is 451 g/mol. The van der Waals surface area contributed by atoms with E-state index in [4.69, 9.17) is 20.3 Å². The average Bonchev–Trinajstić information content (AvgIpc) is 2.71. The van der Waals surface area contributed by atoms with E-state index < -0.39 is 36.3 Å². The first-order chi connectivity index (χ1) is 14.3.